The largest absolute Gasteiger partial charge is 0.469 e. The number of nitrogens with zero attached hydrogens (tertiary/aromatic N) is 1. The Morgan fingerprint density at radius 3 is 2.76 bits per heavy atom. The molecule has 0 aromatic carbocycles. The summed E-state index contributed by atoms with van der Waals surface area (Å²) in [5, 5.41) is 3.14. The van der Waals surface area contributed by atoms with E-state index in [1.54, 1.807) is 0 Å². The van der Waals surface area contributed by atoms with E-state index in [1.807, 2.05) is 18.7 Å². The van der Waals surface area contributed by atoms with E-state index in [9.17, 15) is 9.59 Å². The first-order chi connectivity index (χ1) is 7.95. The molecule has 0 aromatic rings. The Morgan fingerprint density at radius 2 is 2.24 bits per heavy atom. The SMILES string of the molecule is COC(=O)CC1NCC(C)CN(C(C)C)C1=O. The Labute approximate surface area is 102 Å². The first kappa shape index (κ1) is 14.0. The van der Waals surface area contributed by atoms with Crippen LogP contribution in [0.5, 0.6) is 0 Å². The molecule has 0 bridgehead atoms. The van der Waals surface area contributed by atoms with E-state index in [0.717, 1.165) is 13.1 Å². The normalized spacial score (nSPS) is 25.9. The van der Waals surface area contributed by atoms with Gasteiger partial charge in [-0.25, -0.2) is 0 Å². The average molecular weight is 242 g/mol. The Bertz CT molecular complexity index is 291. The second-order valence-corrected chi connectivity index (χ2v) is 4.93. The van der Waals surface area contributed by atoms with Gasteiger partial charge in [0.25, 0.3) is 0 Å². The molecule has 0 saturated carbocycles. The lowest BCUT2D eigenvalue weighted by molar-refractivity contribution is -0.145. The molecular weight excluding hydrogens is 220 g/mol. The third-order valence-electron chi connectivity index (χ3n) is 3.02. The molecule has 2 atom stereocenters. The minimum Gasteiger partial charge on any atom is -0.469 e. The highest BCUT2D eigenvalue weighted by Crippen LogP contribution is 2.13. The fourth-order valence-electron chi connectivity index (χ4n) is 2.00. The Balaban J connectivity index is 2.76. The number of hydrogen-bond donors (Lipinski definition) is 1. The maximum absolute atomic E-state index is 12.2. The van der Waals surface area contributed by atoms with Crippen LogP contribution in [0.4, 0.5) is 0 Å². The fraction of sp³-hybridized carbons (Fsp3) is 0.833. The van der Waals surface area contributed by atoms with Crippen LogP contribution < -0.4 is 5.32 Å². The lowest BCUT2D eigenvalue weighted by Crippen LogP contribution is -2.47. The monoisotopic (exact) mass is 242 g/mol. The van der Waals surface area contributed by atoms with Gasteiger partial charge in [0, 0.05) is 19.1 Å². The maximum atomic E-state index is 12.2. The molecule has 2 unspecified atom stereocenters. The van der Waals surface area contributed by atoms with Crippen LogP contribution in [0.3, 0.4) is 0 Å². The molecule has 0 spiro atoms. The molecule has 0 aromatic heterocycles. The zero-order valence-electron chi connectivity index (χ0n) is 11.0. The summed E-state index contributed by atoms with van der Waals surface area (Å²) in [5.74, 6) is 0.0351. The van der Waals surface area contributed by atoms with Gasteiger partial charge in [0.15, 0.2) is 0 Å². The van der Waals surface area contributed by atoms with Crippen molar-refractivity contribution in [1.29, 1.82) is 0 Å². The molecule has 0 radical (unpaired) electrons. The molecular formula is C12H22N2O3. The summed E-state index contributed by atoms with van der Waals surface area (Å²) >= 11 is 0. The van der Waals surface area contributed by atoms with E-state index in [4.69, 9.17) is 0 Å². The quantitative estimate of drug-likeness (QED) is 0.728. The van der Waals surface area contributed by atoms with Crippen molar-refractivity contribution in [3.05, 3.63) is 0 Å². The van der Waals surface area contributed by atoms with E-state index < -0.39 is 6.04 Å². The summed E-state index contributed by atoms with van der Waals surface area (Å²) in [5.41, 5.74) is 0. The highest BCUT2D eigenvalue weighted by Gasteiger charge is 2.32. The number of ether oxygens (including phenoxy) is 1. The van der Waals surface area contributed by atoms with E-state index >= 15 is 0 Å². The minimum absolute atomic E-state index is 0.00486. The predicted octanol–water partition coefficient (Wildman–Crippen LogP) is 0.394. The van der Waals surface area contributed by atoms with Crippen LogP contribution in [0.25, 0.3) is 0 Å². The molecule has 1 heterocycles. The zero-order chi connectivity index (χ0) is 13.0. The highest BCUT2D eigenvalue weighted by atomic mass is 16.5. The standard InChI is InChI=1S/C12H22N2O3/c1-8(2)14-7-9(3)6-13-10(12(14)16)5-11(15)17-4/h8-10,13H,5-7H2,1-4H3. The Kier molecular flexibility index (Phi) is 4.93. The van der Waals surface area contributed by atoms with Crippen LogP contribution in [0.1, 0.15) is 27.2 Å². The number of rotatable bonds is 3. The van der Waals surface area contributed by atoms with Gasteiger partial charge in [-0.05, 0) is 19.8 Å². The third kappa shape index (κ3) is 3.70. The number of nitrogens with one attached hydrogen (secondary N) is 1. The molecule has 1 fully saturated rings. The van der Waals surface area contributed by atoms with E-state index in [2.05, 4.69) is 17.0 Å². The summed E-state index contributed by atoms with van der Waals surface area (Å²) in [4.78, 5) is 25.3. The van der Waals surface area contributed by atoms with Gasteiger partial charge in [0.1, 0.15) is 0 Å². The molecule has 17 heavy (non-hydrogen) atoms. The van der Waals surface area contributed by atoms with Crippen LogP contribution in [0.2, 0.25) is 0 Å². The first-order valence-electron chi connectivity index (χ1n) is 6.06. The summed E-state index contributed by atoms with van der Waals surface area (Å²) in [6.07, 6.45) is 0.102. The van der Waals surface area contributed by atoms with Crippen LogP contribution >= 0.6 is 0 Å². The number of methoxy groups -OCH3 is 1. The van der Waals surface area contributed by atoms with Gasteiger partial charge in [-0.2, -0.15) is 0 Å². The topological polar surface area (TPSA) is 58.6 Å². The zero-order valence-corrected chi connectivity index (χ0v) is 11.0. The van der Waals surface area contributed by atoms with Crippen LogP contribution in [-0.2, 0) is 14.3 Å². The van der Waals surface area contributed by atoms with Gasteiger partial charge in [-0.15, -0.1) is 0 Å². The van der Waals surface area contributed by atoms with Crippen molar-refractivity contribution < 1.29 is 14.3 Å². The van der Waals surface area contributed by atoms with Crippen molar-refractivity contribution in [2.75, 3.05) is 20.2 Å². The van der Waals surface area contributed by atoms with E-state index in [0.29, 0.717) is 5.92 Å². The summed E-state index contributed by atoms with van der Waals surface area (Å²) in [7, 11) is 1.34. The van der Waals surface area contributed by atoms with Crippen molar-refractivity contribution in [2.45, 2.75) is 39.3 Å². The summed E-state index contributed by atoms with van der Waals surface area (Å²) < 4.78 is 4.61. The minimum atomic E-state index is -0.449. The second-order valence-electron chi connectivity index (χ2n) is 4.93. The highest BCUT2D eigenvalue weighted by molar-refractivity contribution is 5.87. The summed E-state index contributed by atoms with van der Waals surface area (Å²) in [6, 6.07) is -0.292. The van der Waals surface area contributed by atoms with Crippen LogP contribution in [0, 0.1) is 5.92 Å². The number of hydrogen-bond acceptors (Lipinski definition) is 4. The first-order valence-corrected chi connectivity index (χ1v) is 6.06. The van der Waals surface area contributed by atoms with Gasteiger partial charge in [0.05, 0.1) is 19.6 Å². The lowest BCUT2D eigenvalue weighted by atomic mass is 10.1. The van der Waals surface area contributed by atoms with Gasteiger partial charge in [-0.3, -0.25) is 9.59 Å². The number of carbonyl (C=O) groups is 2. The Morgan fingerprint density at radius 1 is 1.59 bits per heavy atom. The van der Waals surface area contributed by atoms with Crippen molar-refractivity contribution >= 4 is 11.9 Å². The Hall–Kier alpha value is -1.10. The van der Waals surface area contributed by atoms with Crippen LogP contribution in [0.15, 0.2) is 0 Å². The second kappa shape index (κ2) is 6.00. The molecule has 5 nitrogen and oxygen atoms in total. The van der Waals surface area contributed by atoms with E-state index in [1.165, 1.54) is 7.11 Å². The molecule has 1 rings (SSSR count). The molecule has 5 heteroatoms. The van der Waals surface area contributed by atoms with Crippen LogP contribution in [-0.4, -0.2) is 49.1 Å². The number of amides is 1. The van der Waals surface area contributed by atoms with E-state index in [-0.39, 0.29) is 24.3 Å². The van der Waals surface area contributed by atoms with Crippen molar-refractivity contribution in [2.24, 2.45) is 5.92 Å². The smallest absolute Gasteiger partial charge is 0.307 e. The molecule has 98 valence electrons. The summed E-state index contributed by atoms with van der Waals surface area (Å²) in [6.45, 7) is 7.56. The van der Waals surface area contributed by atoms with Crippen molar-refractivity contribution in [1.82, 2.24) is 10.2 Å². The fourth-order valence-corrected chi connectivity index (χ4v) is 2.00. The molecule has 1 aliphatic heterocycles. The van der Waals surface area contributed by atoms with Gasteiger partial charge in [0.2, 0.25) is 5.91 Å². The molecule has 1 N–H and O–H groups in total. The molecule has 1 saturated heterocycles. The van der Waals surface area contributed by atoms with Crippen molar-refractivity contribution in [3.63, 3.8) is 0 Å². The molecule has 0 aliphatic carbocycles. The van der Waals surface area contributed by atoms with Gasteiger partial charge in [-0.1, -0.05) is 6.92 Å². The number of carbonyl (C=O) groups excluding carboxylic acids is 2. The average Bonchev–Trinajstić information content (AvgIpc) is 2.41. The van der Waals surface area contributed by atoms with Gasteiger partial charge < -0.3 is 15.0 Å². The van der Waals surface area contributed by atoms with Crippen molar-refractivity contribution in [3.8, 4) is 0 Å². The number of esters is 1. The third-order valence-corrected chi connectivity index (χ3v) is 3.02. The maximum Gasteiger partial charge on any atom is 0.307 e. The molecule has 1 aliphatic rings. The van der Waals surface area contributed by atoms with Gasteiger partial charge >= 0.3 is 5.97 Å². The lowest BCUT2D eigenvalue weighted by Gasteiger charge is -2.28. The predicted molar refractivity (Wildman–Crippen MR) is 64.4 cm³/mol. The molecule has 1 amide bonds.